The van der Waals surface area contributed by atoms with Gasteiger partial charge in [0.05, 0.1) is 12.8 Å². The van der Waals surface area contributed by atoms with Crippen molar-refractivity contribution in [1.29, 1.82) is 0 Å². The average Bonchev–Trinajstić information content (AvgIpc) is 2.97. The van der Waals surface area contributed by atoms with Gasteiger partial charge in [-0.1, -0.05) is 32.4 Å². The molecule has 4 aliphatic carbocycles. The first-order chi connectivity index (χ1) is 15.8. The molecule has 0 unspecified atom stereocenters. The Hall–Kier alpha value is -2.61. The zero-order valence-electron chi connectivity index (χ0n) is 19.8. The first-order valence-electron chi connectivity index (χ1n) is 11.9. The van der Waals surface area contributed by atoms with Gasteiger partial charge < -0.3 is 14.9 Å². The van der Waals surface area contributed by atoms with E-state index >= 15 is 0 Å². The number of aliphatic hydroxyl groups is 1. The molecule has 34 heavy (non-hydrogen) atoms. The highest BCUT2D eigenvalue weighted by molar-refractivity contribution is 6.02. The molecule has 3 fully saturated rings. The summed E-state index contributed by atoms with van der Waals surface area (Å²) in [6, 6.07) is 0. The van der Waals surface area contributed by atoms with Gasteiger partial charge in [-0.2, -0.15) is 0 Å². The molecule has 0 bridgehead atoms. The van der Waals surface area contributed by atoms with Crippen LogP contribution in [0, 0.1) is 34.5 Å². The van der Waals surface area contributed by atoms with Crippen LogP contribution in [-0.2, 0) is 28.7 Å². The Balaban J connectivity index is 1.58. The summed E-state index contributed by atoms with van der Waals surface area (Å²) < 4.78 is 4.99. The summed E-state index contributed by atoms with van der Waals surface area (Å²) in [5.41, 5.74) is -2.39. The van der Waals surface area contributed by atoms with Crippen LogP contribution in [-0.4, -0.2) is 51.7 Å². The summed E-state index contributed by atoms with van der Waals surface area (Å²) in [4.78, 5) is 61.3. The molecule has 8 heteroatoms. The van der Waals surface area contributed by atoms with E-state index in [-0.39, 0.29) is 42.2 Å². The normalized spacial score (nSPS) is 40.6. The predicted octanol–water partition coefficient (Wildman–Crippen LogP) is 2.43. The van der Waals surface area contributed by atoms with E-state index in [2.05, 4.69) is 0 Å². The van der Waals surface area contributed by atoms with Crippen LogP contribution >= 0.6 is 0 Å². The molecule has 4 rings (SSSR count). The molecule has 0 aromatic heterocycles. The number of carboxylic acid groups (broad SMARTS) is 1. The first-order valence-corrected chi connectivity index (χ1v) is 11.9. The Morgan fingerprint density at radius 2 is 1.88 bits per heavy atom. The lowest BCUT2D eigenvalue weighted by Gasteiger charge is -2.56. The van der Waals surface area contributed by atoms with Gasteiger partial charge in [0.15, 0.2) is 12.4 Å². The van der Waals surface area contributed by atoms with Crippen LogP contribution in [0.1, 0.15) is 59.3 Å². The molecule has 3 saturated carbocycles. The summed E-state index contributed by atoms with van der Waals surface area (Å²) in [6.07, 6.45) is 6.27. The molecular weight excluding hydrogens is 440 g/mol. The van der Waals surface area contributed by atoms with Crippen molar-refractivity contribution in [2.24, 2.45) is 34.5 Å². The van der Waals surface area contributed by atoms with Crippen molar-refractivity contribution >= 4 is 29.3 Å². The van der Waals surface area contributed by atoms with Gasteiger partial charge >= 0.3 is 11.9 Å². The fourth-order valence-corrected chi connectivity index (χ4v) is 7.50. The lowest BCUT2D eigenvalue weighted by molar-refractivity contribution is -0.176. The average molecular weight is 473 g/mol. The van der Waals surface area contributed by atoms with Crippen LogP contribution in [0.25, 0.3) is 0 Å². The molecule has 0 radical (unpaired) electrons. The Morgan fingerprint density at radius 1 is 1.18 bits per heavy atom. The number of ketones is 3. The Kier molecular flexibility index (Phi) is 5.95. The maximum atomic E-state index is 13.6. The third-order valence-corrected chi connectivity index (χ3v) is 9.17. The van der Waals surface area contributed by atoms with Crippen molar-refractivity contribution in [2.75, 3.05) is 6.61 Å². The van der Waals surface area contributed by atoms with Crippen LogP contribution in [0.4, 0.5) is 0 Å². The SMILES string of the molecule is C[C@H]1C[C@@H]2[C@H]3CCC4=CC(=O)C=C[C@]4(C)[C@@H]3C(=O)C[C@]2(C)[C@]1(O)C(=O)COC(=O)CCC(=O)O. The van der Waals surface area contributed by atoms with Gasteiger partial charge in [0.25, 0.3) is 0 Å². The van der Waals surface area contributed by atoms with Gasteiger partial charge in [0.1, 0.15) is 11.4 Å². The molecule has 4 aliphatic rings. The number of allylic oxidation sites excluding steroid dienone is 4. The van der Waals surface area contributed by atoms with Crippen molar-refractivity contribution in [3.63, 3.8) is 0 Å². The van der Waals surface area contributed by atoms with Gasteiger partial charge in [-0.3, -0.25) is 24.0 Å². The number of carbonyl (C=O) groups is 5. The van der Waals surface area contributed by atoms with Crippen LogP contribution in [0.3, 0.4) is 0 Å². The molecule has 2 N–H and O–H groups in total. The minimum Gasteiger partial charge on any atom is -0.481 e. The lowest BCUT2D eigenvalue weighted by atomic mass is 9.46. The zero-order valence-corrected chi connectivity index (χ0v) is 19.8. The minimum absolute atomic E-state index is 0.0189. The second-order valence-corrected chi connectivity index (χ2v) is 10.9. The number of carbonyl (C=O) groups excluding carboxylic acids is 4. The molecule has 7 atom stereocenters. The highest BCUT2D eigenvalue weighted by Gasteiger charge is 2.70. The summed E-state index contributed by atoms with van der Waals surface area (Å²) in [5.74, 6) is -3.55. The van der Waals surface area contributed by atoms with E-state index in [0.29, 0.717) is 19.3 Å². The van der Waals surface area contributed by atoms with Crippen molar-refractivity contribution in [3.8, 4) is 0 Å². The molecule has 0 spiro atoms. The van der Waals surface area contributed by atoms with E-state index in [9.17, 15) is 29.1 Å². The number of hydrogen-bond donors (Lipinski definition) is 2. The number of fused-ring (bicyclic) bond motifs is 5. The van der Waals surface area contributed by atoms with Gasteiger partial charge in [-0.25, -0.2) is 0 Å². The highest BCUT2D eigenvalue weighted by atomic mass is 16.5. The lowest BCUT2D eigenvalue weighted by Crippen LogP contribution is -2.62. The van der Waals surface area contributed by atoms with Crippen molar-refractivity contribution in [3.05, 3.63) is 23.8 Å². The third kappa shape index (κ3) is 3.49. The number of Topliss-reactive ketones (excluding diaryl/α,β-unsaturated/α-hetero) is 2. The van der Waals surface area contributed by atoms with Gasteiger partial charge in [-0.15, -0.1) is 0 Å². The number of aliphatic carboxylic acids is 1. The quantitative estimate of drug-likeness (QED) is 0.563. The maximum Gasteiger partial charge on any atom is 0.306 e. The van der Waals surface area contributed by atoms with Crippen molar-refractivity contribution < 1.29 is 38.9 Å². The molecule has 184 valence electrons. The summed E-state index contributed by atoms with van der Waals surface area (Å²) >= 11 is 0. The largest absolute Gasteiger partial charge is 0.481 e. The second-order valence-electron chi connectivity index (χ2n) is 10.9. The summed E-state index contributed by atoms with van der Waals surface area (Å²) in [5, 5.41) is 20.5. The second kappa shape index (κ2) is 8.26. The Bertz CT molecular complexity index is 1020. The molecule has 0 saturated heterocycles. The van der Waals surface area contributed by atoms with E-state index < -0.39 is 53.1 Å². The molecule has 0 aliphatic heterocycles. The monoisotopic (exact) mass is 472 g/mol. The molecular formula is C26H32O8. The van der Waals surface area contributed by atoms with Crippen LogP contribution in [0.2, 0.25) is 0 Å². The van der Waals surface area contributed by atoms with Crippen LogP contribution in [0.5, 0.6) is 0 Å². The molecule has 8 nitrogen and oxygen atoms in total. The Morgan fingerprint density at radius 3 is 2.56 bits per heavy atom. The molecule has 0 aromatic carbocycles. The number of carboxylic acids is 1. The van der Waals surface area contributed by atoms with E-state index in [1.165, 1.54) is 6.08 Å². The molecule has 0 heterocycles. The highest BCUT2D eigenvalue weighted by Crippen LogP contribution is 2.67. The third-order valence-electron chi connectivity index (χ3n) is 9.17. The van der Waals surface area contributed by atoms with E-state index in [1.807, 2.05) is 13.0 Å². The first kappa shape index (κ1) is 24.5. The van der Waals surface area contributed by atoms with E-state index in [4.69, 9.17) is 9.84 Å². The van der Waals surface area contributed by atoms with Gasteiger partial charge in [0.2, 0.25) is 5.78 Å². The minimum atomic E-state index is -1.83. The Labute approximate surface area is 198 Å². The number of hydrogen-bond acceptors (Lipinski definition) is 7. The van der Waals surface area contributed by atoms with Gasteiger partial charge in [0, 0.05) is 23.2 Å². The van der Waals surface area contributed by atoms with Crippen LogP contribution in [0.15, 0.2) is 23.8 Å². The maximum absolute atomic E-state index is 13.6. The van der Waals surface area contributed by atoms with Crippen molar-refractivity contribution in [2.45, 2.75) is 64.9 Å². The molecule has 0 aromatic rings. The smallest absolute Gasteiger partial charge is 0.306 e. The van der Waals surface area contributed by atoms with Crippen molar-refractivity contribution in [1.82, 2.24) is 0 Å². The predicted molar refractivity (Wildman–Crippen MR) is 119 cm³/mol. The number of rotatable bonds is 6. The topological polar surface area (TPSA) is 135 Å². The van der Waals surface area contributed by atoms with E-state index in [0.717, 1.165) is 5.57 Å². The molecule has 0 amide bonds. The fraction of sp³-hybridized carbons (Fsp3) is 0.654. The number of ether oxygens (including phenoxy) is 1. The van der Waals surface area contributed by atoms with Crippen LogP contribution < -0.4 is 0 Å². The standard InChI is InChI=1S/C26H32O8/c1-14-10-18-17-5-4-15-11-16(27)8-9-24(15,2)23(17)19(28)12-25(18,3)26(14,33)20(29)13-34-22(32)7-6-21(30)31/h8-9,11,14,17-18,23,33H,4-7,10,12-13H2,1-3H3,(H,30,31)/t14-,17+,18+,23-,24-,25-,26+/m0/s1. The summed E-state index contributed by atoms with van der Waals surface area (Å²) in [6.45, 7) is 4.94. The van der Waals surface area contributed by atoms with Gasteiger partial charge in [-0.05, 0) is 49.2 Å². The summed E-state index contributed by atoms with van der Waals surface area (Å²) in [7, 11) is 0. The van der Waals surface area contributed by atoms with E-state index in [1.54, 1.807) is 19.9 Å². The number of esters is 1. The zero-order chi connectivity index (χ0) is 25.1. The fourth-order valence-electron chi connectivity index (χ4n) is 7.50.